The zero-order chi connectivity index (χ0) is 18.3. The molecule has 0 fully saturated rings. The average molecular weight is 362 g/mol. The van der Waals surface area contributed by atoms with Crippen molar-refractivity contribution < 1.29 is 14.8 Å². The lowest BCUT2D eigenvalue weighted by molar-refractivity contribution is 0.0935. The predicted molar refractivity (Wildman–Crippen MR) is 98.9 cm³/mol. The molecule has 4 rings (SSSR count). The van der Waals surface area contributed by atoms with Gasteiger partial charge in [-0.05, 0) is 29.3 Å². The highest BCUT2D eigenvalue weighted by Crippen LogP contribution is 2.37. The van der Waals surface area contributed by atoms with Crippen molar-refractivity contribution in [1.82, 2.24) is 10.0 Å². The number of carbonyl (C=O) groups is 2. The van der Waals surface area contributed by atoms with Gasteiger partial charge in [0.2, 0.25) is 0 Å². The normalized spacial score (nSPS) is 11.8. The topological polar surface area (TPSA) is 71.3 Å². The monoisotopic (exact) mass is 362 g/mol. The smallest absolute Gasteiger partial charge is 0.252 e. The van der Waals surface area contributed by atoms with E-state index in [0.29, 0.717) is 22.4 Å². The van der Waals surface area contributed by atoms with E-state index in [1.165, 1.54) is 0 Å². The maximum Gasteiger partial charge on any atom is 0.252 e. The van der Waals surface area contributed by atoms with Crippen molar-refractivity contribution in [3.05, 3.63) is 87.7 Å². The standard InChI is InChI=1S/C20H14N2O3S/c23-19-15-7-2-1-6-13(15)14-8-4-9-16(18(14)19)20(24)21-11-12-5-3-10-17(26)22(12)25/h1-10,25H,11H2,(H,21,24). The van der Waals surface area contributed by atoms with E-state index in [1.807, 2.05) is 24.3 Å². The number of nitrogens with one attached hydrogen (secondary N) is 1. The third kappa shape index (κ3) is 2.51. The number of pyridine rings is 1. The molecule has 0 saturated heterocycles. The van der Waals surface area contributed by atoms with Gasteiger partial charge in [-0.15, -0.1) is 0 Å². The molecule has 0 radical (unpaired) electrons. The quantitative estimate of drug-likeness (QED) is 0.432. The molecule has 0 atom stereocenters. The first-order valence-corrected chi connectivity index (χ1v) is 8.44. The van der Waals surface area contributed by atoms with E-state index in [1.54, 1.807) is 36.4 Å². The second-order valence-corrected chi connectivity index (χ2v) is 6.37. The van der Waals surface area contributed by atoms with E-state index in [0.717, 1.165) is 15.9 Å². The van der Waals surface area contributed by atoms with Crippen LogP contribution in [0.5, 0.6) is 0 Å². The number of nitrogens with zero attached hydrogens (tertiary/aromatic N) is 1. The second kappa shape index (κ2) is 6.24. The lowest BCUT2D eigenvalue weighted by Crippen LogP contribution is -2.26. The summed E-state index contributed by atoms with van der Waals surface area (Å²) in [7, 11) is 0. The van der Waals surface area contributed by atoms with Crippen LogP contribution in [0.3, 0.4) is 0 Å². The van der Waals surface area contributed by atoms with Gasteiger partial charge in [0.25, 0.3) is 5.91 Å². The van der Waals surface area contributed by atoms with Gasteiger partial charge in [-0.1, -0.05) is 54.7 Å². The summed E-state index contributed by atoms with van der Waals surface area (Å²) in [5, 5.41) is 12.6. The first kappa shape index (κ1) is 16.2. The van der Waals surface area contributed by atoms with Gasteiger partial charge in [-0.2, -0.15) is 4.73 Å². The molecule has 0 bridgehead atoms. The van der Waals surface area contributed by atoms with Crippen LogP contribution in [0, 0.1) is 4.64 Å². The molecule has 6 heteroatoms. The number of fused-ring (bicyclic) bond motifs is 3. The summed E-state index contributed by atoms with van der Waals surface area (Å²) < 4.78 is 1.11. The molecule has 0 saturated carbocycles. The fourth-order valence-corrected chi connectivity index (χ4v) is 3.38. The first-order chi connectivity index (χ1) is 12.6. The fraction of sp³-hybridized carbons (Fsp3) is 0.0500. The Morgan fingerprint density at radius 2 is 1.65 bits per heavy atom. The van der Waals surface area contributed by atoms with Crippen LogP contribution in [0.1, 0.15) is 32.0 Å². The molecule has 0 aliphatic heterocycles. The number of rotatable bonds is 3. The zero-order valence-electron chi connectivity index (χ0n) is 13.6. The van der Waals surface area contributed by atoms with Crippen LogP contribution >= 0.6 is 12.2 Å². The van der Waals surface area contributed by atoms with Crippen molar-refractivity contribution in [2.75, 3.05) is 0 Å². The summed E-state index contributed by atoms with van der Waals surface area (Å²) in [5.41, 5.74) is 3.41. The number of ketones is 1. The summed E-state index contributed by atoms with van der Waals surface area (Å²) in [4.78, 5) is 25.4. The second-order valence-electron chi connectivity index (χ2n) is 5.95. The van der Waals surface area contributed by atoms with Crippen molar-refractivity contribution in [2.24, 2.45) is 0 Å². The molecule has 3 aromatic rings. The van der Waals surface area contributed by atoms with Crippen LogP contribution in [-0.2, 0) is 6.54 Å². The molecule has 1 amide bonds. The number of hydrogen-bond acceptors (Lipinski definition) is 4. The van der Waals surface area contributed by atoms with E-state index in [-0.39, 0.29) is 22.9 Å². The maximum atomic E-state index is 12.7. The van der Waals surface area contributed by atoms with Crippen molar-refractivity contribution in [2.45, 2.75) is 6.54 Å². The van der Waals surface area contributed by atoms with Gasteiger partial charge in [0.1, 0.15) is 4.64 Å². The minimum absolute atomic E-state index is 0.0879. The summed E-state index contributed by atoms with van der Waals surface area (Å²) in [5.74, 6) is -0.524. The van der Waals surface area contributed by atoms with E-state index in [9.17, 15) is 14.8 Å². The fourth-order valence-electron chi connectivity index (χ4n) is 3.19. The predicted octanol–water partition coefficient (Wildman–Crippen LogP) is 3.60. The summed E-state index contributed by atoms with van der Waals surface area (Å²) >= 11 is 4.99. The average Bonchev–Trinajstić information content (AvgIpc) is 2.96. The Morgan fingerprint density at radius 1 is 0.962 bits per heavy atom. The Balaban J connectivity index is 1.66. The largest absolute Gasteiger partial charge is 0.427 e. The van der Waals surface area contributed by atoms with Crippen LogP contribution in [-0.4, -0.2) is 21.6 Å². The molecule has 1 aliphatic carbocycles. The Hall–Kier alpha value is -3.25. The molecule has 0 spiro atoms. The van der Waals surface area contributed by atoms with E-state index in [2.05, 4.69) is 5.32 Å². The van der Waals surface area contributed by atoms with Crippen LogP contribution in [0.2, 0.25) is 0 Å². The highest BCUT2D eigenvalue weighted by atomic mass is 32.1. The number of hydrogen-bond donors (Lipinski definition) is 2. The highest BCUT2D eigenvalue weighted by Gasteiger charge is 2.30. The summed E-state index contributed by atoms with van der Waals surface area (Å²) in [6.45, 7) is 0.0879. The molecular weight excluding hydrogens is 348 g/mol. The number of aromatic nitrogens is 1. The van der Waals surface area contributed by atoms with Gasteiger partial charge in [0.15, 0.2) is 5.78 Å². The van der Waals surface area contributed by atoms with Crippen molar-refractivity contribution in [3.8, 4) is 11.1 Å². The van der Waals surface area contributed by atoms with Crippen LogP contribution in [0.15, 0.2) is 60.7 Å². The molecule has 1 aliphatic rings. The van der Waals surface area contributed by atoms with E-state index < -0.39 is 0 Å². The van der Waals surface area contributed by atoms with Gasteiger partial charge in [0, 0.05) is 11.1 Å². The highest BCUT2D eigenvalue weighted by molar-refractivity contribution is 7.71. The Kier molecular flexibility index (Phi) is 3.89. The lowest BCUT2D eigenvalue weighted by Gasteiger charge is -2.11. The van der Waals surface area contributed by atoms with Crippen molar-refractivity contribution in [3.63, 3.8) is 0 Å². The molecule has 2 N–H and O–H groups in total. The Morgan fingerprint density at radius 3 is 2.46 bits per heavy atom. The Labute approximate surface area is 154 Å². The number of carbonyl (C=O) groups excluding carboxylic acids is 2. The summed E-state index contributed by atoms with van der Waals surface area (Å²) in [6.07, 6.45) is 0. The van der Waals surface area contributed by atoms with Gasteiger partial charge in [-0.3, -0.25) is 9.59 Å². The van der Waals surface area contributed by atoms with Crippen LogP contribution in [0.4, 0.5) is 0 Å². The van der Waals surface area contributed by atoms with E-state index in [4.69, 9.17) is 12.2 Å². The van der Waals surface area contributed by atoms with E-state index >= 15 is 0 Å². The van der Waals surface area contributed by atoms with Crippen LogP contribution in [0.25, 0.3) is 11.1 Å². The minimum atomic E-state index is -0.377. The SMILES string of the molecule is O=C(NCc1cccc(=S)n1O)c1cccc2c1C(=O)c1ccccc1-2. The molecule has 5 nitrogen and oxygen atoms in total. The number of benzene rings is 2. The minimum Gasteiger partial charge on any atom is -0.427 e. The van der Waals surface area contributed by atoms with Crippen molar-refractivity contribution in [1.29, 1.82) is 0 Å². The lowest BCUT2D eigenvalue weighted by atomic mass is 10.0. The molecule has 0 unspecified atom stereocenters. The van der Waals surface area contributed by atoms with Gasteiger partial charge in [0.05, 0.1) is 17.8 Å². The molecule has 1 aromatic heterocycles. The number of amides is 1. The van der Waals surface area contributed by atoms with Crippen molar-refractivity contribution >= 4 is 23.9 Å². The molecule has 128 valence electrons. The zero-order valence-corrected chi connectivity index (χ0v) is 14.4. The summed E-state index contributed by atoms with van der Waals surface area (Å²) in [6, 6.07) is 17.5. The molecule has 2 aromatic carbocycles. The Bertz CT molecular complexity index is 1120. The first-order valence-electron chi connectivity index (χ1n) is 8.03. The molecule has 1 heterocycles. The molecule has 26 heavy (non-hydrogen) atoms. The van der Waals surface area contributed by atoms with Gasteiger partial charge < -0.3 is 10.5 Å². The maximum absolute atomic E-state index is 12.7. The molecular formula is C20H14N2O3S. The third-order valence-electron chi connectivity index (χ3n) is 4.44. The van der Waals surface area contributed by atoms with Crippen LogP contribution < -0.4 is 5.32 Å². The van der Waals surface area contributed by atoms with Gasteiger partial charge in [-0.25, -0.2) is 0 Å². The third-order valence-corrected chi connectivity index (χ3v) is 4.75. The van der Waals surface area contributed by atoms with Gasteiger partial charge >= 0.3 is 0 Å².